The number of fused-ring (bicyclic) bond motifs is 1. The summed E-state index contributed by atoms with van der Waals surface area (Å²) in [7, 11) is 1.70. The number of methoxy groups -OCH3 is 1. The molecule has 1 fully saturated rings. The molecule has 5 aromatic rings. The molecule has 0 bridgehead atoms. The molecular formula is C30H31N7O2. The summed E-state index contributed by atoms with van der Waals surface area (Å²) in [6.45, 7) is 5.56. The van der Waals surface area contributed by atoms with Crippen molar-refractivity contribution in [1.82, 2.24) is 30.1 Å². The van der Waals surface area contributed by atoms with Crippen LogP contribution in [-0.2, 0) is 6.54 Å². The van der Waals surface area contributed by atoms with Crippen LogP contribution in [0.15, 0.2) is 83.7 Å². The third-order valence-electron chi connectivity index (χ3n) is 7.41. The highest BCUT2D eigenvalue weighted by Gasteiger charge is 2.33. The van der Waals surface area contributed by atoms with Gasteiger partial charge in [0.1, 0.15) is 11.8 Å². The lowest BCUT2D eigenvalue weighted by atomic mass is 10.0. The van der Waals surface area contributed by atoms with Crippen molar-refractivity contribution in [2.24, 2.45) is 0 Å². The molecule has 0 spiro atoms. The van der Waals surface area contributed by atoms with E-state index < -0.39 is 6.04 Å². The van der Waals surface area contributed by atoms with E-state index in [0.717, 1.165) is 59.6 Å². The summed E-state index contributed by atoms with van der Waals surface area (Å²) >= 11 is 0. The zero-order chi connectivity index (χ0) is 26.8. The Morgan fingerprint density at radius 2 is 1.72 bits per heavy atom. The molecule has 39 heavy (non-hydrogen) atoms. The molecule has 9 heteroatoms. The minimum atomic E-state index is -0.405. The molecule has 1 atom stereocenters. The summed E-state index contributed by atoms with van der Waals surface area (Å²) < 4.78 is 7.42. The van der Waals surface area contributed by atoms with Gasteiger partial charge >= 0.3 is 0 Å². The van der Waals surface area contributed by atoms with Crippen LogP contribution in [0.3, 0.4) is 0 Å². The van der Waals surface area contributed by atoms with E-state index in [2.05, 4.69) is 54.6 Å². The van der Waals surface area contributed by atoms with E-state index in [9.17, 15) is 4.79 Å². The van der Waals surface area contributed by atoms with E-state index >= 15 is 0 Å². The maximum Gasteiger partial charge on any atom is 0.253 e. The number of benzene rings is 3. The Balaban J connectivity index is 1.38. The number of aromatic nitrogens is 5. The summed E-state index contributed by atoms with van der Waals surface area (Å²) in [4.78, 5) is 21.3. The summed E-state index contributed by atoms with van der Waals surface area (Å²) in [5, 5.41) is 13.8. The van der Waals surface area contributed by atoms with E-state index in [-0.39, 0.29) is 5.56 Å². The summed E-state index contributed by atoms with van der Waals surface area (Å²) in [5.74, 6) is 1.51. The topological polar surface area (TPSA) is 92.2 Å². The number of aromatic amines is 1. The Bertz CT molecular complexity index is 1640. The Kier molecular flexibility index (Phi) is 6.81. The van der Waals surface area contributed by atoms with Gasteiger partial charge in [-0.15, -0.1) is 5.10 Å². The lowest BCUT2D eigenvalue weighted by Crippen LogP contribution is -2.49. The van der Waals surface area contributed by atoms with Gasteiger partial charge in [0.05, 0.1) is 19.3 Å². The number of anilines is 1. The number of nitrogens with one attached hydrogen (secondary N) is 1. The first-order valence-corrected chi connectivity index (χ1v) is 13.2. The molecule has 3 heterocycles. The number of nitrogens with zero attached hydrogens (tertiary/aromatic N) is 6. The van der Waals surface area contributed by atoms with Gasteiger partial charge in [-0.1, -0.05) is 54.6 Å². The Morgan fingerprint density at radius 1 is 0.949 bits per heavy atom. The van der Waals surface area contributed by atoms with Crippen LogP contribution in [0.2, 0.25) is 0 Å². The zero-order valence-electron chi connectivity index (χ0n) is 22.1. The Hall–Kier alpha value is -4.50. The highest BCUT2D eigenvalue weighted by Crippen LogP contribution is 2.32. The average Bonchev–Trinajstić information content (AvgIpc) is 3.42. The average molecular weight is 522 g/mol. The van der Waals surface area contributed by atoms with Crippen molar-refractivity contribution < 1.29 is 4.74 Å². The maximum absolute atomic E-state index is 13.6. The van der Waals surface area contributed by atoms with Gasteiger partial charge in [-0.05, 0) is 58.1 Å². The van der Waals surface area contributed by atoms with Gasteiger partial charge in [0.25, 0.3) is 5.56 Å². The lowest BCUT2D eigenvalue weighted by Gasteiger charge is -2.40. The predicted octanol–water partition coefficient (Wildman–Crippen LogP) is 3.79. The normalized spacial score (nSPS) is 15.0. The maximum atomic E-state index is 13.6. The molecule has 1 saturated heterocycles. The van der Waals surface area contributed by atoms with Crippen LogP contribution in [0.5, 0.6) is 5.75 Å². The summed E-state index contributed by atoms with van der Waals surface area (Å²) in [6.07, 6.45) is 0. The van der Waals surface area contributed by atoms with Gasteiger partial charge in [0.2, 0.25) is 0 Å². The minimum absolute atomic E-state index is 0.125. The molecule has 1 aliphatic rings. The number of hydrogen-bond acceptors (Lipinski definition) is 7. The molecule has 2 aromatic heterocycles. The van der Waals surface area contributed by atoms with Gasteiger partial charge in [0, 0.05) is 37.3 Å². The molecule has 0 aliphatic carbocycles. The first-order valence-electron chi connectivity index (χ1n) is 13.2. The van der Waals surface area contributed by atoms with E-state index in [4.69, 9.17) is 4.74 Å². The molecule has 1 N–H and O–H groups in total. The lowest BCUT2D eigenvalue weighted by molar-refractivity contribution is 0.200. The van der Waals surface area contributed by atoms with E-state index in [1.54, 1.807) is 7.11 Å². The van der Waals surface area contributed by atoms with Gasteiger partial charge in [-0.25, -0.2) is 4.68 Å². The quantitative estimate of drug-likeness (QED) is 0.348. The van der Waals surface area contributed by atoms with Crippen LogP contribution in [0.1, 0.15) is 28.6 Å². The van der Waals surface area contributed by atoms with Crippen LogP contribution in [0, 0.1) is 6.92 Å². The number of ether oxygens (including phenoxy) is 1. The largest absolute Gasteiger partial charge is 0.495 e. The molecule has 0 saturated carbocycles. The van der Waals surface area contributed by atoms with Crippen LogP contribution in [0.25, 0.3) is 10.9 Å². The van der Waals surface area contributed by atoms with Crippen molar-refractivity contribution in [1.29, 1.82) is 0 Å². The molecule has 0 amide bonds. The standard InChI is InChI=1S/C30H31N7O2/c1-21-12-13-23-19-24(30(38)31-25(23)18-21)28(29-32-33-34-37(29)20-22-8-4-3-5-9-22)36-16-14-35(15-17-36)26-10-6-7-11-27(26)39-2/h3-13,18-19,28H,14-17,20H2,1-2H3,(H,31,38). The SMILES string of the molecule is COc1ccccc1N1CCN(C(c2cc3ccc(C)cc3[nH]c2=O)c2nnnn2Cc2ccccc2)CC1. The Morgan fingerprint density at radius 3 is 2.51 bits per heavy atom. The molecule has 9 nitrogen and oxygen atoms in total. The number of aryl methyl sites for hydroxylation is 1. The van der Waals surface area contributed by atoms with Crippen molar-refractivity contribution in [3.63, 3.8) is 0 Å². The van der Waals surface area contributed by atoms with E-state index in [1.165, 1.54) is 0 Å². The number of tetrazole rings is 1. The van der Waals surface area contributed by atoms with E-state index in [0.29, 0.717) is 17.9 Å². The van der Waals surface area contributed by atoms with E-state index in [1.807, 2.05) is 66.2 Å². The number of hydrogen-bond donors (Lipinski definition) is 1. The fraction of sp³-hybridized carbons (Fsp3) is 0.267. The first-order chi connectivity index (χ1) is 19.1. The first kappa shape index (κ1) is 24.8. The van der Waals surface area contributed by atoms with Crippen LogP contribution >= 0.6 is 0 Å². The third kappa shape index (κ3) is 5.00. The summed E-state index contributed by atoms with van der Waals surface area (Å²) in [5.41, 5.74) is 4.60. The monoisotopic (exact) mass is 521 g/mol. The van der Waals surface area contributed by atoms with Crippen molar-refractivity contribution >= 4 is 16.6 Å². The van der Waals surface area contributed by atoms with Gasteiger partial charge in [0.15, 0.2) is 5.82 Å². The number of pyridine rings is 1. The molecule has 1 aliphatic heterocycles. The fourth-order valence-electron chi connectivity index (χ4n) is 5.42. The van der Waals surface area contributed by atoms with Crippen LogP contribution in [0.4, 0.5) is 5.69 Å². The predicted molar refractivity (Wildman–Crippen MR) is 151 cm³/mol. The van der Waals surface area contributed by atoms with Gasteiger partial charge in [-0.2, -0.15) is 0 Å². The smallest absolute Gasteiger partial charge is 0.253 e. The molecule has 198 valence electrons. The van der Waals surface area contributed by atoms with Crippen LogP contribution < -0.4 is 15.2 Å². The molecule has 0 radical (unpaired) electrons. The van der Waals surface area contributed by atoms with Gasteiger partial charge in [-0.3, -0.25) is 9.69 Å². The fourth-order valence-corrected chi connectivity index (χ4v) is 5.42. The number of H-pyrrole nitrogens is 1. The van der Waals surface area contributed by atoms with Crippen molar-refractivity contribution in [2.45, 2.75) is 19.5 Å². The second-order valence-corrected chi connectivity index (χ2v) is 9.92. The molecular weight excluding hydrogens is 490 g/mol. The minimum Gasteiger partial charge on any atom is -0.495 e. The molecule has 3 aromatic carbocycles. The Labute approximate surface area is 226 Å². The van der Waals surface area contributed by atoms with Crippen molar-refractivity contribution in [3.05, 3.63) is 112 Å². The second kappa shape index (κ2) is 10.7. The highest BCUT2D eigenvalue weighted by molar-refractivity contribution is 5.79. The zero-order valence-corrected chi connectivity index (χ0v) is 22.1. The third-order valence-corrected chi connectivity index (χ3v) is 7.41. The highest BCUT2D eigenvalue weighted by atomic mass is 16.5. The van der Waals surface area contributed by atoms with Crippen molar-refractivity contribution in [3.8, 4) is 5.75 Å². The second-order valence-electron chi connectivity index (χ2n) is 9.92. The summed E-state index contributed by atoms with van der Waals surface area (Å²) in [6, 6.07) is 25.9. The number of para-hydroxylation sites is 2. The van der Waals surface area contributed by atoms with Crippen molar-refractivity contribution in [2.75, 3.05) is 38.2 Å². The molecule has 6 rings (SSSR count). The molecule has 1 unspecified atom stereocenters. The van der Waals surface area contributed by atoms with Gasteiger partial charge < -0.3 is 14.6 Å². The number of piperazine rings is 1. The van der Waals surface area contributed by atoms with Crippen LogP contribution in [-0.4, -0.2) is 63.4 Å². The number of rotatable bonds is 7.